The van der Waals surface area contributed by atoms with E-state index in [0.29, 0.717) is 12.0 Å². The van der Waals surface area contributed by atoms with Crippen molar-refractivity contribution in [2.45, 2.75) is 32.9 Å². The lowest BCUT2D eigenvalue weighted by atomic mass is 10.1. The lowest BCUT2D eigenvalue weighted by Gasteiger charge is -2.22. The number of hydrogen-bond donors (Lipinski definition) is 1. The van der Waals surface area contributed by atoms with E-state index in [4.69, 9.17) is 4.98 Å². The van der Waals surface area contributed by atoms with Gasteiger partial charge in [0.15, 0.2) is 0 Å². The molecule has 5 heteroatoms. The third-order valence-electron chi connectivity index (χ3n) is 3.96. The summed E-state index contributed by atoms with van der Waals surface area (Å²) in [7, 11) is 4.31. The first kappa shape index (κ1) is 15.2. The van der Waals surface area contributed by atoms with Gasteiger partial charge >= 0.3 is 0 Å². The number of anilines is 1. The maximum atomic E-state index is 4.74. The summed E-state index contributed by atoms with van der Waals surface area (Å²) in [6.07, 6.45) is 4.88. The quantitative estimate of drug-likeness (QED) is 0.796. The van der Waals surface area contributed by atoms with Gasteiger partial charge in [0.1, 0.15) is 5.82 Å². The van der Waals surface area contributed by atoms with Gasteiger partial charge in [-0.2, -0.15) is 0 Å². The molecule has 112 valence electrons. The van der Waals surface area contributed by atoms with Gasteiger partial charge in [0, 0.05) is 31.9 Å². The topological polar surface area (TPSA) is 44.3 Å². The molecular weight excluding hydrogens is 250 g/mol. The highest BCUT2D eigenvalue weighted by Gasteiger charge is 2.31. The number of nitrogens with one attached hydrogen (secondary N) is 1. The minimum Gasteiger partial charge on any atom is -0.353 e. The number of hydrogen-bond acceptors (Lipinski definition) is 5. The lowest BCUT2D eigenvalue weighted by molar-refractivity contribution is 0.266. The molecule has 1 aromatic heterocycles. The molecule has 2 heterocycles. The van der Waals surface area contributed by atoms with Gasteiger partial charge in [-0.05, 0) is 33.0 Å². The second kappa shape index (κ2) is 6.99. The predicted octanol–water partition coefficient (Wildman–Crippen LogP) is 1.36. The summed E-state index contributed by atoms with van der Waals surface area (Å²) in [6.45, 7) is 8.40. The normalized spacial score (nSPS) is 22.8. The van der Waals surface area contributed by atoms with Crippen molar-refractivity contribution in [3.8, 4) is 0 Å². The van der Waals surface area contributed by atoms with Crippen molar-refractivity contribution < 1.29 is 0 Å². The van der Waals surface area contributed by atoms with E-state index in [1.165, 1.54) is 0 Å². The SMILES string of the molecule is CCCNCc1cncc(N2CC(C)C(N(C)C)C2)n1. The van der Waals surface area contributed by atoms with Crippen molar-refractivity contribution in [1.82, 2.24) is 20.2 Å². The molecule has 1 aliphatic rings. The first-order valence-electron chi connectivity index (χ1n) is 7.54. The Balaban J connectivity index is 2.01. The molecule has 0 bridgehead atoms. The molecule has 2 unspecified atom stereocenters. The van der Waals surface area contributed by atoms with E-state index in [1.54, 1.807) is 0 Å². The Morgan fingerprint density at radius 1 is 1.35 bits per heavy atom. The summed E-state index contributed by atoms with van der Waals surface area (Å²) in [4.78, 5) is 13.7. The minimum absolute atomic E-state index is 0.596. The van der Waals surface area contributed by atoms with Gasteiger partial charge in [-0.15, -0.1) is 0 Å². The number of aromatic nitrogens is 2. The third-order valence-corrected chi connectivity index (χ3v) is 3.96. The first-order chi connectivity index (χ1) is 9.61. The molecule has 1 N–H and O–H groups in total. The molecule has 0 radical (unpaired) electrons. The zero-order chi connectivity index (χ0) is 14.5. The van der Waals surface area contributed by atoms with Crippen LogP contribution in [0.15, 0.2) is 12.4 Å². The molecule has 0 saturated carbocycles. The van der Waals surface area contributed by atoms with E-state index in [0.717, 1.165) is 44.1 Å². The minimum atomic E-state index is 0.596. The van der Waals surface area contributed by atoms with Crippen molar-refractivity contribution in [3.63, 3.8) is 0 Å². The molecule has 2 rings (SSSR count). The average Bonchev–Trinajstić information content (AvgIpc) is 2.82. The smallest absolute Gasteiger partial charge is 0.147 e. The maximum absolute atomic E-state index is 4.74. The standard InChI is InChI=1S/C15H27N5/c1-5-6-16-7-13-8-17-9-15(18-13)20-10-12(2)14(11-20)19(3)4/h8-9,12,14,16H,5-7,10-11H2,1-4H3. The fourth-order valence-electron chi connectivity index (χ4n) is 2.83. The number of nitrogens with zero attached hydrogens (tertiary/aromatic N) is 4. The zero-order valence-electron chi connectivity index (χ0n) is 13.1. The summed E-state index contributed by atoms with van der Waals surface area (Å²) in [6, 6.07) is 0.596. The van der Waals surface area contributed by atoms with Crippen molar-refractivity contribution in [3.05, 3.63) is 18.1 Å². The van der Waals surface area contributed by atoms with Crippen LogP contribution in [-0.2, 0) is 6.54 Å². The van der Waals surface area contributed by atoms with Gasteiger partial charge in [-0.1, -0.05) is 13.8 Å². The fraction of sp³-hybridized carbons (Fsp3) is 0.733. The summed E-state index contributed by atoms with van der Waals surface area (Å²) >= 11 is 0. The molecule has 0 amide bonds. The summed E-state index contributed by atoms with van der Waals surface area (Å²) in [5.74, 6) is 1.67. The van der Waals surface area contributed by atoms with Crippen LogP contribution in [0.2, 0.25) is 0 Å². The monoisotopic (exact) mass is 277 g/mol. The van der Waals surface area contributed by atoms with E-state index in [2.05, 4.69) is 48.0 Å². The molecule has 2 atom stereocenters. The molecule has 1 fully saturated rings. The van der Waals surface area contributed by atoms with Gasteiger partial charge < -0.3 is 15.1 Å². The highest BCUT2D eigenvalue weighted by Crippen LogP contribution is 2.24. The van der Waals surface area contributed by atoms with Crippen molar-refractivity contribution >= 4 is 5.82 Å². The zero-order valence-corrected chi connectivity index (χ0v) is 13.1. The second-order valence-electron chi connectivity index (χ2n) is 5.96. The number of likely N-dealkylation sites (N-methyl/N-ethyl adjacent to an activating group) is 1. The van der Waals surface area contributed by atoms with Crippen LogP contribution >= 0.6 is 0 Å². The van der Waals surface area contributed by atoms with Crippen LogP contribution in [0.1, 0.15) is 26.0 Å². The third kappa shape index (κ3) is 3.67. The molecule has 0 aliphatic carbocycles. The second-order valence-corrected chi connectivity index (χ2v) is 5.96. The highest BCUT2D eigenvalue weighted by molar-refractivity contribution is 5.38. The van der Waals surface area contributed by atoms with Crippen molar-refractivity contribution in [2.24, 2.45) is 5.92 Å². The van der Waals surface area contributed by atoms with Gasteiger partial charge in [0.25, 0.3) is 0 Å². The van der Waals surface area contributed by atoms with Crippen LogP contribution in [0, 0.1) is 5.92 Å². The fourth-order valence-corrected chi connectivity index (χ4v) is 2.83. The molecule has 20 heavy (non-hydrogen) atoms. The van der Waals surface area contributed by atoms with Crippen LogP contribution in [-0.4, -0.2) is 54.6 Å². The molecule has 5 nitrogen and oxygen atoms in total. The van der Waals surface area contributed by atoms with Crippen LogP contribution in [0.4, 0.5) is 5.82 Å². The van der Waals surface area contributed by atoms with Gasteiger partial charge in [0.05, 0.1) is 11.9 Å². The molecule has 1 saturated heterocycles. The van der Waals surface area contributed by atoms with E-state index in [1.807, 2.05) is 12.4 Å². The summed E-state index contributed by atoms with van der Waals surface area (Å²) in [5, 5.41) is 3.38. The first-order valence-corrected chi connectivity index (χ1v) is 7.54. The van der Waals surface area contributed by atoms with E-state index in [9.17, 15) is 0 Å². The Bertz CT molecular complexity index is 420. The Morgan fingerprint density at radius 3 is 2.80 bits per heavy atom. The van der Waals surface area contributed by atoms with Crippen LogP contribution < -0.4 is 10.2 Å². The molecule has 1 aliphatic heterocycles. The summed E-state index contributed by atoms with van der Waals surface area (Å²) in [5.41, 5.74) is 1.02. The average molecular weight is 277 g/mol. The predicted molar refractivity (Wildman–Crippen MR) is 82.9 cm³/mol. The number of rotatable bonds is 6. The molecular formula is C15H27N5. The largest absolute Gasteiger partial charge is 0.353 e. The van der Waals surface area contributed by atoms with Crippen LogP contribution in [0.3, 0.4) is 0 Å². The Kier molecular flexibility index (Phi) is 5.31. The van der Waals surface area contributed by atoms with Gasteiger partial charge in [-0.3, -0.25) is 4.98 Å². The van der Waals surface area contributed by atoms with Gasteiger partial charge in [-0.25, -0.2) is 4.98 Å². The summed E-state index contributed by atoms with van der Waals surface area (Å²) < 4.78 is 0. The Labute approximate surface area is 122 Å². The van der Waals surface area contributed by atoms with Gasteiger partial charge in [0.2, 0.25) is 0 Å². The Hall–Kier alpha value is -1.20. The lowest BCUT2D eigenvalue weighted by Crippen LogP contribution is -2.34. The van der Waals surface area contributed by atoms with E-state index >= 15 is 0 Å². The van der Waals surface area contributed by atoms with Crippen LogP contribution in [0.5, 0.6) is 0 Å². The maximum Gasteiger partial charge on any atom is 0.147 e. The van der Waals surface area contributed by atoms with Crippen molar-refractivity contribution in [2.75, 3.05) is 38.6 Å². The Morgan fingerprint density at radius 2 is 2.15 bits per heavy atom. The molecule has 0 aromatic carbocycles. The molecule has 1 aromatic rings. The highest BCUT2D eigenvalue weighted by atomic mass is 15.3. The van der Waals surface area contributed by atoms with E-state index in [-0.39, 0.29) is 0 Å². The van der Waals surface area contributed by atoms with Crippen LogP contribution in [0.25, 0.3) is 0 Å². The van der Waals surface area contributed by atoms with Crippen molar-refractivity contribution in [1.29, 1.82) is 0 Å². The van der Waals surface area contributed by atoms with E-state index < -0.39 is 0 Å². The molecule has 0 spiro atoms.